The van der Waals surface area contributed by atoms with E-state index in [-0.39, 0.29) is 24.2 Å². The van der Waals surface area contributed by atoms with Gasteiger partial charge in [-0.3, -0.25) is 0 Å². The fraction of sp³-hybridized carbons (Fsp3) is 0.377. The van der Waals surface area contributed by atoms with E-state index in [2.05, 4.69) is 112 Å². The zero-order valence-corrected chi connectivity index (χ0v) is 47.6. The van der Waals surface area contributed by atoms with Crippen molar-refractivity contribution in [3.63, 3.8) is 0 Å². The maximum absolute atomic E-state index is 8.06. The number of benzene rings is 4. The van der Waals surface area contributed by atoms with Gasteiger partial charge in [-0.1, -0.05) is 124 Å². The van der Waals surface area contributed by atoms with Gasteiger partial charge in [-0.15, -0.1) is 23.7 Å². The number of aliphatic hydroxyl groups is 1. The molecule has 10 heteroatoms. The van der Waals surface area contributed by atoms with Crippen molar-refractivity contribution in [2.24, 2.45) is 11.7 Å². The van der Waals surface area contributed by atoms with Crippen molar-refractivity contribution in [3.05, 3.63) is 153 Å². The van der Waals surface area contributed by atoms with Gasteiger partial charge in [-0.05, 0) is 142 Å². The topological polar surface area (TPSA) is 102 Å². The highest BCUT2D eigenvalue weighted by atomic mass is 31.1. The molecule has 71 heavy (non-hydrogen) atoms. The van der Waals surface area contributed by atoms with Crippen LogP contribution in [0.15, 0.2) is 121 Å². The van der Waals surface area contributed by atoms with Crippen LogP contribution in [0.1, 0.15) is 127 Å². The summed E-state index contributed by atoms with van der Waals surface area (Å²) >= 11 is 0. The monoisotopic (exact) mass is 1000 g/mol. The zero-order valence-electron chi connectivity index (χ0n) is 45.6. The van der Waals surface area contributed by atoms with Crippen molar-refractivity contribution < 1.29 is 32.7 Å². The second kappa shape index (κ2) is 37.1. The molecule has 0 fully saturated rings. The van der Waals surface area contributed by atoms with Gasteiger partial charge in [0.2, 0.25) is 0 Å². The Bertz CT molecular complexity index is 2720. The molecule has 0 bridgehead atoms. The summed E-state index contributed by atoms with van der Waals surface area (Å²) in [5.41, 5.74) is 10.1. The smallest absolute Gasteiger partial charge is 0.275 e. The molecule has 2 unspecified atom stereocenters. The van der Waals surface area contributed by atoms with Crippen LogP contribution in [0, 0.1) is 29.6 Å². The van der Waals surface area contributed by atoms with E-state index in [0.29, 0.717) is 13.0 Å². The summed E-state index contributed by atoms with van der Waals surface area (Å²) in [5.74, 6) is 16.2. The molecule has 0 spiro atoms. The van der Waals surface area contributed by atoms with Gasteiger partial charge in [0, 0.05) is 38.1 Å². The number of aliphatic hydroxyl groups excluding tert-OH is 1. The van der Waals surface area contributed by atoms with Crippen LogP contribution in [0.25, 0.3) is 39.4 Å². The molecule has 3 N–H and O–H groups in total. The van der Waals surface area contributed by atoms with E-state index in [0.717, 1.165) is 114 Å². The predicted octanol–water partition coefficient (Wildman–Crippen LogP) is 13.1. The van der Waals surface area contributed by atoms with Crippen molar-refractivity contribution >= 4 is 57.5 Å². The van der Waals surface area contributed by atoms with Crippen LogP contribution in [-0.4, -0.2) is 32.0 Å². The molecule has 0 aliphatic heterocycles. The van der Waals surface area contributed by atoms with Gasteiger partial charge >= 0.3 is 0 Å². The molecule has 0 radical (unpaired) electrons. The minimum absolute atomic E-state index is 0.167. The zero-order chi connectivity index (χ0) is 53.1. The van der Waals surface area contributed by atoms with E-state index in [9.17, 15) is 0 Å². The van der Waals surface area contributed by atoms with Crippen molar-refractivity contribution in [1.82, 2.24) is 0 Å². The lowest BCUT2D eigenvalue weighted by Gasteiger charge is -2.23. The average Bonchev–Trinajstić information content (AvgIpc) is 3.37. The van der Waals surface area contributed by atoms with Gasteiger partial charge in [0.05, 0.1) is 14.2 Å². The van der Waals surface area contributed by atoms with Gasteiger partial charge in [0.15, 0.2) is 0 Å². The third-order valence-corrected chi connectivity index (χ3v) is 11.4. The predicted molar refractivity (Wildman–Crippen MR) is 308 cm³/mol. The van der Waals surface area contributed by atoms with Gasteiger partial charge in [0.25, 0.3) is 18.1 Å². The summed E-state index contributed by atoms with van der Waals surface area (Å²) in [5, 5.41) is 14.1. The minimum Gasteiger partial charge on any atom is -0.501 e. The highest BCUT2D eigenvalue weighted by molar-refractivity contribution is 7.27. The second-order valence-corrected chi connectivity index (χ2v) is 18.1. The molecule has 2 atom stereocenters. The van der Waals surface area contributed by atoms with Crippen LogP contribution in [0.3, 0.4) is 0 Å². The Morgan fingerprint density at radius 2 is 1.10 bits per heavy atom. The Morgan fingerprint density at radius 1 is 0.662 bits per heavy atom. The normalized spacial score (nSPS) is 16.4. The lowest BCUT2D eigenvalue weighted by molar-refractivity contribution is 0.216. The van der Waals surface area contributed by atoms with Crippen LogP contribution < -0.4 is 31.1 Å². The molecule has 1 aliphatic carbocycles. The van der Waals surface area contributed by atoms with Crippen LogP contribution in [0.2, 0.25) is 0 Å². The van der Waals surface area contributed by atoms with E-state index in [1.807, 2.05) is 104 Å². The van der Waals surface area contributed by atoms with Gasteiger partial charge in [-0.2, -0.15) is 0 Å². The Hall–Kier alpha value is -5.72. The minimum atomic E-state index is -0.317. The first kappa shape index (κ1) is 63.3. The number of methoxy groups -OCH3 is 2. The van der Waals surface area contributed by atoms with Crippen molar-refractivity contribution in [2.75, 3.05) is 20.8 Å². The van der Waals surface area contributed by atoms with Crippen LogP contribution >= 0.6 is 18.1 Å². The number of allylic oxidation sites excluding steroid dienone is 7. The van der Waals surface area contributed by atoms with Crippen LogP contribution in [0.5, 0.6) is 5.75 Å². The van der Waals surface area contributed by atoms with Crippen molar-refractivity contribution in [2.45, 2.75) is 129 Å². The third-order valence-electron chi connectivity index (χ3n) is 10.1. The summed E-state index contributed by atoms with van der Waals surface area (Å²) in [6.45, 7) is 27.7. The van der Waals surface area contributed by atoms with Gasteiger partial charge in [0.1, 0.15) is 34.5 Å². The summed E-state index contributed by atoms with van der Waals surface area (Å²) < 4.78 is 37.5. The Labute approximate surface area is 431 Å². The molecule has 0 heterocycles. The van der Waals surface area contributed by atoms with Crippen molar-refractivity contribution in [1.29, 1.82) is 0 Å². The first-order valence-electron chi connectivity index (χ1n) is 24.2. The summed E-state index contributed by atoms with van der Waals surface area (Å²) in [7, 11) is 2.74. The summed E-state index contributed by atoms with van der Waals surface area (Å²) in [4.78, 5) is 0. The molecule has 0 saturated carbocycles. The number of fused-ring (bicyclic) bond motifs is 1. The first-order chi connectivity index (χ1) is 34.1. The Morgan fingerprint density at radius 3 is 1.56 bits per heavy atom. The van der Waals surface area contributed by atoms with E-state index >= 15 is 0 Å². The maximum atomic E-state index is 8.06. The fourth-order valence-electron chi connectivity index (χ4n) is 6.50. The number of ether oxygens (including phenoxy) is 2. The van der Waals surface area contributed by atoms with Crippen LogP contribution in [0.4, 0.5) is 0 Å². The SMILES string of the molecule is CC#CC.CC#CC.CC(C)C.CC(C)O.CO/C(C)=c1\cccc\c1=C(\C)OPOC1=C(\c2c(OPO/C(C)=c3\cccc\c3=C(\C)OC)c(CCCN)cc3ccccc23)C/C=C\C=C/C/C=C\1C. The van der Waals surface area contributed by atoms with E-state index in [4.69, 9.17) is 38.4 Å². The Kier molecular flexibility index (Phi) is 33.1. The van der Waals surface area contributed by atoms with E-state index in [1.165, 1.54) is 0 Å². The second-order valence-electron chi connectivity index (χ2n) is 17.0. The molecule has 1 aliphatic rings. The number of rotatable bonds is 14. The van der Waals surface area contributed by atoms with Crippen molar-refractivity contribution in [3.8, 4) is 29.4 Å². The van der Waals surface area contributed by atoms with E-state index in [1.54, 1.807) is 28.1 Å². The number of hydrogen-bond donors (Lipinski definition) is 2. The first-order valence-corrected chi connectivity index (χ1v) is 25.8. The quantitative estimate of drug-likeness (QED) is 0.0952. The fourth-order valence-corrected chi connectivity index (χ4v) is 7.74. The lowest BCUT2D eigenvalue weighted by atomic mass is 9.89. The third kappa shape index (κ3) is 23.4. The molecular weight excluding hydrogens is 921 g/mol. The molecule has 4 aromatic rings. The molecule has 8 nitrogen and oxygen atoms in total. The number of hydrogen-bond acceptors (Lipinski definition) is 8. The van der Waals surface area contributed by atoms with Gasteiger partial charge < -0.3 is 38.4 Å². The lowest BCUT2D eigenvalue weighted by Crippen LogP contribution is -2.28. The summed E-state index contributed by atoms with van der Waals surface area (Å²) in [6.07, 6.45) is 13.4. The molecule has 5 rings (SSSR count). The highest BCUT2D eigenvalue weighted by Gasteiger charge is 2.23. The molecule has 0 aromatic heterocycles. The number of aryl methyl sites for hydroxylation is 1. The Balaban J connectivity index is 0.00000137. The highest BCUT2D eigenvalue weighted by Crippen LogP contribution is 2.45. The molecule has 384 valence electrons. The largest absolute Gasteiger partial charge is 0.501 e. The molecule has 4 aromatic carbocycles. The van der Waals surface area contributed by atoms with Gasteiger partial charge in [-0.25, -0.2) is 0 Å². The summed E-state index contributed by atoms with van der Waals surface area (Å²) in [6, 6.07) is 26.8. The molecule has 0 amide bonds. The standard InChI is InChI=1S/C46H53NO6P2.C4H10.2C4H6.C3H8O/c1-31-20-11-9-8-10-12-28-43(45(31)52-54-50-34(4)40-25-17-15-23-38(40)32(2)48-6)44-42-27-14-13-21-36(42)30-37(22-19-29-47)46(44)53-55-51-35(5)41-26-18-16-24-39(41)33(3)49-7;1-4(2)3;2*1-3-4-2;1-3(2)4/h8-10,12-18,20-21,23-27,30,54-55H,11,19,22,28-29,47H2,1-7H3;4H,1-3H3;2*1-2H3;3-4H,1-2H3/b9-8-,12-10-,31-20-,38-32+,39-33+,40-34+,41-35+,45-43-;;;;. The number of nitrogens with two attached hydrogens (primary N) is 1. The van der Waals surface area contributed by atoms with E-state index < -0.39 is 0 Å². The maximum Gasteiger partial charge on any atom is 0.275 e. The van der Waals surface area contributed by atoms with Crippen LogP contribution in [-0.2, 0) is 29.5 Å². The average molecular weight is 1000 g/mol. The molecular formula is C61H83NO7P2. The molecule has 0 saturated heterocycles.